The second kappa shape index (κ2) is 10.9. The molecule has 0 radical (unpaired) electrons. The smallest absolute Gasteiger partial charge is 0.338 e. The number of esters is 1. The van der Waals surface area contributed by atoms with Gasteiger partial charge < -0.3 is 20.1 Å². The first kappa shape index (κ1) is 20.3. The Morgan fingerprint density at radius 2 is 1.78 bits per heavy atom. The number of hydrogen-bond acceptors (Lipinski definition) is 4. The van der Waals surface area contributed by atoms with Crippen LogP contribution in [0.2, 0.25) is 0 Å². The summed E-state index contributed by atoms with van der Waals surface area (Å²) in [5, 5.41) is 6.54. The fourth-order valence-corrected chi connectivity index (χ4v) is 2.50. The van der Waals surface area contributed by atoms with E-state index in [1.807, 2.05) is 43.3 Å². The molecule has 0 aliphatic carbocycles. The molecule has 0 spiro atoms. The van der Waals surface area contributed by atoms with Gasteiger partial charge in [-0.1, -0.05) is 30.3 Å². The number of rotatable bonds is 8. The zero-order valence-electron chi connectivity index (χ0n) is 16.1. The van der Waals surface area contributed by atoms with Crippen molar-refractivity contribution in [2.75, 3.05) is 20.3 Å². The highest BCUT2D eigenvalue weighted by molar-refractivity contribution is 5.89. The van der Waals surface area contributed by atoms with Crippen LogP contribution in [0.15, 0.2) is 53.5 Å². The number of ether oxygens (including phenoxy) is 2. The third-order valence-corrected chi connectivity index (χ3v) is 3.87. The molecule has 0 fully saturated rings. The Labute approximate surface area is 160 Å². The highest BCUT2D eigenvalue weighted by atomic mass is 16.5. The van der Waals surface area contributed by atoms with Crippen molar-refractivity contribution in [1.29, 1.82) is 0 Å². The lowest BCUT2D eigenvalue weighted by atomic mass is 10.1. The molecule has 2 aromatic rings. The zero-order chi connectivity index (χ0) is 19.5. The van der Waals surface area contributed by atoms with Crippen molar-refractivity contribution >= 4 is 11.9 Å². The monoisotopic (exact) mass is 369 g/mol. The van der Waals surface area contributed by atoms with E-state index in [-0.39, 0.29) is 5.97 Å². The summed E-state index contributed by atoms with van der Waals surface area (Å²) in [7, 11) is 1.66. The van der Waals surface area contributed by atoms with E-state index < -0.39 is 0 Å². The van der Waals surface area contributed by atoms with Crippen molar-refractivity contribution in [2.24, 2.45) is 4.99 Å². The van der Waals surface area contributed by atoms with Crippen molar-refractivity contribution in [2.45, 2.75) is 26.9 Å². The number of guanidine groups is 1. The van der Waals surface area contributed by atoms with Crippen LogP contribution in [0, 0.1) is 0 Å². The summed E-state index contributed by atoms with van der Waals surface area (Å²) >= 11 is 0. The number of nitrogens with zero attached hydrogens (tertiary/aromatic N) is 1. The number of carbonyl (C=O) groups excluding carboxylic acids is 1. The molecule has 0 bridgehead atoms. The van der Waals surface area contributed by atoms with Gasteiger partial charge >= 0.3 is 5.97 Å². The van der Waals surface area contributed by atoms with Gasteiger partial charge in [-0.15, -0.1) is 0 Å². The van der Waals surface area contributed by atoms with Crippen LogP contribution in [-0.4, -0.2) is 32.2 Å². The molecule has 2 aromatic carbocycles. The molecule has 27 heavy (non-hydrogen) atoms. The Morgan fingerprint density at radius 1 is 1.04 bits per heavy atom. The minimum Gasteiger partial charge on any atom is -0.496 e. The molecule has 0 atom stereocenters. The predicted octanol–water partition coefficient (Wildman–Crippen LogP) is 3.13. The van der Waals surface area contributed by atoms with E-state index in [1.54, 1.807) is 26.2 Å². The summed E-state index contributed by atoms with van der Waals surface area (Å²) in [6.07, 6.45) is 0. The van der Waals surface area contributed by atoms with Crippen molar-refractivity contribution in [1.82, 2.24) is 10.6 Å². The molecule has 0 saturated heterocycles. The van der Waals surface area contributed by atoms with E-state index in [9.17, 15) is 4.79 Å². The van der Waals surface area contributed by atoms with Gasteiger partial charge in [0.2, 0.25) is 0 Å². The quantitative estimate of drug-likeness (QED) is 0.425. The second-order valence-corrected chi connectivity index (χ2v) is 5.78. The molecule has 0 heterocycles. The van der Waals surface area contributed by atoms with E-state index >= 15 is 0 Å². The van der Waals surface area contributed by atoms with Crippen molar-refractivity contribution in [3.05, 3.63) is 65.2 Å². The van der Waals surface area contributed by atoms with E-state index in [2.05, 4.69) is 15.6 Å². The minimum absolute atomic E-state index is 0.306. The first-order valence-electron chi connectivity index (χ1n) is 9.08. The zero-order valence-corrected chi connectivity index (χ0v) is 16.1. The number of aliphatic imine (C=N–C) groups is 1. The third kappa shape index (κ3) is 6.33. The molecule has 6 nitrogen and oxygen atoms in total. The Bertz CT molecular complexity index is 758. The Balaban J connectivity index is 1.99. The van der Waals surface area contributed by atoms with Gasteiger partial charge in [-0.05, 0) is 37.6 Å². The van der Waals surface area contributed by atoms with Gasteiger partial charge in [-0.25, -0.2) is 9.79 Å². The van der Waals surface area contributed by atoms with Crippen LogP contribution in [0.3, 0.4) is 0 Å². The van der Waals surface area contributed by atoms with Gasteiger partial charge in [0.1, 0.15) is 5.75 Å². The number of benzene rings is 2. The maximum Gasteiger partial charge on any atom is 0.338 e. The molecule has 0 aliphatic heterocycles. The van der Waals surface area contributed by atoms with Gasteiger partial charge in [0.15, 0.2) is 5.96 Å². The first-order chi connectivity index (χ1) is 13.2. The summed E-state index contributed by atoms with van der Waals surface area (Å²) in [5.41, 5.74) is 2.62. The Morgan fingerprint density at radius 3 is 2.44 bits per heavy atom. The summed E-state index contributed by atoms with van der Waals surface area (Å²) in [6.45, 7) is 6.06. The molecule has 6 heteroatoms. The SMILES string of the molecule is CCNC(=NCc1ccc(C(=O)OCC)cc1)NCc1ccccc1OC. The minimum atomic E-state index is -0.306. The van der Waals surface area contributed by atoms with Crippen molar-refractivity contribution in [3.8, 4) is 5.75 Å². The summed E-state index contributed by atoms with van der Waals surface area (Å²) in [4.78, 5) is 16.3. The van der Waals surface area contributed by atoms with Crippen molar-refractivity contribution in [3.63, 3.8) is 0 Å². The molecule has 0 aromatic heterocycles. The molecule has 0 unspecified atom stereocenters. The first-order valence-corrected chi connectivity index (χ1v) is 9.08. The van der Waals surface area contributed by atoms with E-state index in [0.717, 1.165) is 29.4 Å². The summed E-state index contributed by atoms with van der Waals surface area (Å²) in [5.74, 6) is 1.26. The van der Waals surface area contributed by atoms with Crippen LogP contribution in [0.25, 0.3) is 0 Å². The lowest BCUT2D eigenvalue weighted by Gasteiger charge is -2.13. The van der Waals surface area contributed by atoms with E-state index in [1.165, 1.54) is 0 Å². The third-order valence-electron chi connectivity index (χ3n) is 3.87. The maximum atomic E-state index is 11.7. The molecule has 144 valence electrons. The normalized spacial score (nSPS) is 11.0. The van der Waals surface area contributed by atoms with Crippen LogP contribution in [-0.2, 0) is 17.8 Å². The lowest BCUT2D eigenvalue weighted by molar-refractivity contribution is 0.0526. The number of carbonyl (C=O) groups is 1. The number of para-hydroxylation sites is 1. The second-order valence-electron chi connectivity index (χ2n) is 5.78. The van der Waals surface area contributed by atoms with Crippen LogP contribution < -0.4 is 15.4 Å². The number of nitrogens with one attached hydrogen (secondary N) is 2. The van der Waals surface area contributed by atoms with E-state index in [0.29, 0.717) is 25.3 Å². The van der Waals surface area contributed by atoms with Gasteiger partial charge in [-0.3, -0.25) is 0 Å². The Kier molecular flexibility index (Phi) is 8.16. The molecule has 0 amide bonds. The number of hydrogen-bond donors (Lipinski definition) is 2. The molecule has 0 saturated carbocycles. The maximum absolute atomic E-state index is 11.7. The van der Waals surface area contributed by atoms with Gasteiger partial charge in [-0.2, -0.15) is 0 Å². The Hall–Kier alpha value is -3.02. The fraction of sp³-hybridized carbons (Fsp3) is 0.333. The van der Waals surface area contributed by atoms with Gasteiger partial charge in [0, 0.05) is 18.7 Å². The highest BCUT2D eigenvalue weighted by Crippen LogP contribution is 2.16. The average Bonchev–Trinajstić information content (AvgIpc) is 2.71. The predicted molar refractivity (Wildman–Crippen MR) is 107 cm³/mol. The molecule has 0 aliphatic rings. The fourth-order valence-electron chi connectivity index (χ4n) is 2.50. The molecule has 2 N–H and O–H groups in total. The van der Waals surface area contributed by atoms with E-state index in [4.69, 9.17) is 9.47 Å². The van der Waals surface area contributed by atoms with Crippen molar-refractivity contribution < 1.29 is 14.3 Å². The average molecular weight is 369 g/mol. The van der Waals surface area contributed by atoms with Gasteiger partial charge in [0.05, 0.1) is 25.8 Å². The molecular formula is C21H27N3O3. The standard InChI is InChI=1S/C21H27N3O3/c1-4-22-21(24-15-18-8-6-7-9-19(18)26-3)23-14-16-10-12-17(13-11-16)20(25)27-5-2/h6-13H,4-5,14-15H2,1-3H3,(H2,22,23,24). The van der Waals surface area contributed by atoms with Crippen LogP contribution in [0.4, 0.5) is 0 Å². The highest BCUT2D eigenvalue weighted by Gasteiger charge is 2.06. The summed E-state index contributed by atoms with van der Waals surface area (Å²) in [6, 6.07) is 15.2. The molecular weight excluding hydrogens is 342 g/mol. The van der Waals surface area contributed by atoms with Crippen LogP contribution in [0.1, 0.15) is 35.3 Å². The number of methoxy groups -OCH3 is 1. The molecule has 2 rings (SSSR count). The van der Waals surface area contributed by atoms with Crippen LogP contribution >= 0.6 is 0 Å². The summed E-state index contributed by atoms with van der Waals surface area (Å²) < 4.78 is 10.4. The lowest BCUT2D eigenvalue weighted by Crippen LogP contribution is -2.36. The topological polar surface area (TPSA) is 72.0 Å². The van der Waals surface area contributed by atoms with Crippen LogP contribution in [0.5, 0.6) is 5.75 Å². The largest absolute Gasteiger partial charge is 0.496 e. The van der Waals surface area contributed by atoms with Gasteiger partial charge in [0.25, 0.3) is 0 Å².